The van der Waals surface area contributed by atoms with Gasteiger partial charge >= 0.3 is 0 Å². The van der Waals surface area contributed by atoms with Gasteiger partial charge in [0.05, 0.1) is 5.92 Å². The Kier molecular flexibility index (Phi) is 6.92. The van der Waals surface area contributed by atoms with Crippen LogP contribution in [-0.4, -0.2) is 49.7 Å². The van der Waals surface area contributed by atoms with Crippen molar-refractivity contribution in [3.05, 3.63) is 35.9 Å². The van der Waals surface area contributed by atoms with E-state index in [1.54, 1.807) is 0 Å². The topological polar surface area (TPSA) is 73.9 Å². The van der Waals surface area contributed by atoms with E-state index in [1.165, 1.54) is 0 Å². The molecule has 0 aromatic heterocycles. The first-order valence-electron chi connectivity index (χ1n) is 6.53. The van der Waals surface area contributed by atoms with Gasteiger partial charge in [0.2, 0.25) is 0 Å². The van der Waals surface area contributed by atoms with E-state index in [9.17, 15) is 0 Å². The number of benzene rings is 1. The summed E-state index contributed by atoms with van der Waals surface area (Å²) < 4.78 is 0. The van der Waals surface area contributed by atoms with Crippen molar-refractivity contribution in [1.29, 1.82) is 0 Å². The summed E-state index contributed by atoms with van der Waals surface area (Å²) in [6.07, 6.45) is 1.07. The highest BCUT2D eigenvalue weighted by Crippen LogP contribution is 2.14. The molecule has 0 radical (unpaired) electrons. The van der Waals surface area contributed by atoms with Crippen molar-refractivity contribution in [2.75, 3.05) is 33.7 Å². The molecule has 0 bridgehead atoms. The maximum Gasteiger partial charge on any atom is 0.147 e. The molecule has 19 heavy (non-hydrogen) atoms. The predicted octanol–water partition coefficient (Wildman–Crippen LogP) is 1.06. The van der Waals surface area contributed by atoms with E-state index >= 15 is 0 Å². The van der Waals surface area contributed by atoms with E-state index in [1.807, 2.05) is 30.3 Å². The average molecular weight is 264 g/mol. The molecule has 1 aromatic carbocycles. The van der Waals surface area contributed by atoms with Crippen LogP contribution >= 0.6 is 0 Å². The Labute approximate surface area is 115 Å². The fourth-order valence-electron chi connectivity index (χ4n) is 1.91. The minimum atomic E-state index is -0.0921. The van der Waals surface area contributed by atoms with Crippen molar-refractivity contribution in [2.45, 2.75) is 12.3 Å². The highest BCUT2D eigenvalue weighted by Gasteiger charge is 2.15. The Morgan fingerprint density at radius 1 is 1.37 bits per heavy atom. The molecular formula is C14H24N4O. The van der Waals surface area contributed by atoms with Gasteiger partial charge in [0, 0.05) is 6.54 Å². The molecule has 5 nitrogen and oxygen atoms in total. The van der Waals surface area contributed by atoms with Gasteiger partial charge in [-0.3, -0.25) is 0 Å². The zero-order valence-electron chi connectivity index (χ0n) is 11.7. The second-order valence-corrected chi connectivity index (χ2v) is 4.85. The summed E-state index contributed by atoms with van der Waals surface area (Å²) in [4.78, 5) is 2.15. The summed E-state index contributed by atoms with van der Waals surface area (Å²) in [6.45, 7) is 2.64. The van der Waals surface area contributed by atoms with Crippen molar-refractivity contribution >= 4 is 5.84 Å². The van der Waals surface area contributed by atoms with Gasteiger partial charge in [0.1, 0.15) is 5.84 Å². The molecule has 0 heterocycles. The average Bonchev–Trinajstić information content (AvgIpc) is 2.42. The number of nitrogens with zero attached hydrogens (tertiary/aromatic N) is 2. The van der Waals surface area contributed by atoms with E-state index in [4.69, 9.17) is 10.9 Å². The van der Waals surface area contributed by atoms with E-state index in [0.29, 0.717) is 6.54 Å². The maximum atomic E-state index is 8.87. The van der Waals surface area contributed by atoms with Crippen molar-refractivity contribution < 1.29 is 5.21 Å². The molecule has 0 spiro atoms. The lowest BCUT2D eigenvalue weighted by Gasteiger charge is -2.17. The third-order valence-corrected chi connectivity index (χ3v) is 2.98. The fourth-order valence-corrected chi connectivity index (χ4v) is 1.91. The molecule has 0 aliphatic carbocycles. The molecule has 0 fully saturated rings. The molecule has 1 atom stereocenters. The Balaban J connectivity index is 2.48. The first-order valence-corrected chi connectivity index (χ1v) is 6.53. The van der Waals surface area contributed by atoms with Crippen LogP contribution in [0.2, 0.25) is 0 Å². The van der Waals surface area contributed by atoms with Gasteiger partial charge in [-0.15, -0.1) is 0 Å². The zero-order chi connectivity index (χ0) is 14.1. The minimum Gasteiger partial charge on any atom is -0.409 e. The van der Waals surface area contributed by atoms with Crippen LogP contribution in [0.15, 0.2) is 35.5 Å². The lowest BCUT2D eigenvalue weighted by atomic mass is 9.98. The van der Waals surface area contributed by atoms with E-state index < -0.39 is 0 Å². The number of nitrogens with one attached hydrogen (secondary N) is 1. The molecule has 1 rings (SSSR count). The molecular weight excluding hydrogens is 240 g/mol. The highest BCUT2D eigenvalue weighted by molar-refractivity contribution is 5.87. The normalized spacial score (nSPS) is 13.7. The Hall–Kier alpha value is -1.59. The number of amidine groups is 1. The largest absolute Gasteiger partial charge is 0.409 e. The molecule has 0 aliphatic rings. The SMILES string of the molecule is CN(C)CCCNCC(C(N)=NO)c1ccccc1. The van der Waals surface area contributed by atoms with Crippen LogP contribution in [0.4, 0.5) is 0 Å². The van der Waals surface area contributed by atoms with Crippen LogP contribution < -0.4 is 11.1 Å². The monoisotopic (exact) mass is 264 g/mol. The summed E-state index contributed by atoms with van der Waals surface area (Å²) in [5, 5.41) is 15.4. The van der Waals surface area contributed by atoms with Gasteiger partial charge in [-0.1, -0.05) is 35.5 Å². The minimum absolute atomic E-state index is 0.0921. The molecule has 0 aliphatic heterocycles. The third kappa shape index (κ3) is 5.72. The van der Waals surface area contributed by atoms with Gasteiger partial charge in [0.25, 0.3) is 0 Å². The smallest absolute Gasteiger partial charge is 0.147 e. The van der Waals surface area contributed by atoms with Crippen LogP contribution in [0.1, 0.15) is 17.9 Å². The lowest BCUT2D eigenvalue weighted by Crippen LogP contribution is -2.32. The quantitative estimate of drug-likeness (QED) is 0.216. The fraction of sp³-hybridized carbons (Fsp3) is 0.500. The van der Waals surface area contributed by atoms with Crippen LogP contribution in [-0.2, 0) is 0 Å². The van der Waals surface area contributed by atoms with Crippen LogP contribution in [0.5, 0.6) is 0 Å². The molecule has 0 amide bonds. The van der Waals surface area contributed by atoms with Crippen LogP contribution in [0, 0.1) is 0 Å². The second kappa shape index (κ2) is 8.50. The number of oxime groups is 1. The lowest BCUT2D eigenvalue weighted by molar-refractivity contribution is 0.315. The van der Waals surface area contributed by atoms with Crippen LogP contribution in [0.3, 0.4) is 0 Å². The number of hydrogen-bond acceptors (Lipinski definition) is 4. The van der Waals surface area contributed by atoms with E-state index in [0.717, 1.165) is 25.1 Å². The molecule has 4 N–H and O–H groups in total. The summed E-state index contributed by atoms with van der Waals surface area (Å²) >= 11 is 0. The number of hydrogen-bond donors (Lipinski definition) is 3. The first kappa shape index (κ1) is 15.5. The standard InChI is InChI=1S/C14H24N4O/c1-18(2)10-6-9-16-11-13(14(15)17-19)12-7-4-3-5-8-12/h3-5,7-8,13,16,19H,6,9-11H2,1-2H3,(H2,15,17). The van der Waals surface area contributed by atoms with E-state index in [-0.39, 0.29) is 11.8 Å². The highest BCUT2D eigenvalue weighted by atomic mass is 16.4. The Morgan fingerprint density at radius 2 is 2.05 bits per heavy atom. The van der Waals surface area contributed by atoms with Gasteiger partial charge in [-0.25, -0.2) is 0 Å². The van der Waals surface area contributed by atoms with Crippen LogP contribution in [0.25, 0.3) is 0 Å². The molecule has 1 aromatic rings. The Bertz CT molecular complexity index is 378. The van der Waals surface area contributed by atoms with Gasteiger partial charge in [-0.2, -0.15) is 0 Å². The molecule has 1 unspecified atom stereocenters. The maximum absolute atomic E-state index is 8.87. The number of nitrogens with two attached hydrogens (primary N) is 1. The van der Waals surface area contributed by atoms with Gasteiger partial charge in [0.15, 0.2) is 0 Å². The summed E-state index contributed by atoms with van der Waals surface area (Å²) in [5.41, 5.74) is 6.82. The number of rotatable bonds is 8. The van der Waals surface area contributed by atoms with Gasteiger partial charge in [-0.05, 0) is 39.2 Å². The van der Waals surface area contributed by atoms with E-state index in [2.05, 4.69) is 29.5 Å². The summed E-state index contributed by atoms with van der Waals surface area (Å²) in [5.74, 6) is 0.150. The van der Waals surface area contributed by atoms with Crippen molar-refractivity contribution in [1.82, 2.24) is 10.2 Å². The molecule has 0 saturated carbocycles. The van der Waals surface area contributed by atoms with Crippen molar-refractivity contribution in [3.63, 3.8) is 0 Å². The van der Waals surface area contributed by atoms with Crippen molar-refractivity contribution in [3.8, 4) is 0 Å². The summed E-state index contributed by atoms with van der Waals surface area (Å²) in [6, 6.07) is 9.85. The predicted molar refractivity (Wildman–Crippen MR) is 78.6 cm³/mol. The second-order valence-electron chi connectivity index (χ2n) is 4.85. The molecule has 106 valence electrons. The van der Waals surface area contributed by atoms with Gasteiger partial charge < -0.3 is 21.2 Å². The first-order chi connectivity index (χ1) is 9.15. The van der Waals surface area contributed by atoms with Crippen molar-refractivity contribution in [2.24, 2.45) is 10.9 Å². The Morgan fingerprint density at radius 3 is 2.63 bits per heavy atom. The molecule has 5 heteroatoms. The molecule has 0 saturated heterocycles. The zero-order valence-corrected chi connectivity index (χ0v) is 11.7. The summed E-state index contributed by atoms with van der Waals surface area (Å²) in [7, 11) is 4.12. The third-order valence-electron chi connectivity index (χ3n) is 2.98.